The molecule has 8 heteroatoms. The van der Waals surface area contributed by atoms with E-state index in [2.05, 4.69) is 0 Å². The molecule has 4 spiro atoms. The number of phenols is 2. The fraction of sp³-hybridized carbons (Fsp3) is 0.357. The van der Waals surface area contributed by atoms with Gasteiger partial charge in [0.05, 0.1) is 22.0 Å². The van der Waals surface area contributed by atoms with E-state index >= 15 is 0 Å². The van der Waals surface area contributed by atoms with E-state index in [-0.39, 0.29) is 35.1 Å². The quantitative estimate of drug-likeness (QED) is 0.545. The van der Waals surface area contributed by atoms with Gasteiger partial charge in [-0.1, -0.05) is 24.3 Å². The first-order valence-corrected chi connectivity index (χ1v) is 12.1. The second-order valence-electron chi connectivity index (χ2n) is 11.5. The number of carbonyl (C=O) groups is 6. The molecule has 8 atom stereocenters. The maximum Gasteiger partial charge on any atom is 0.183 e. The van der Waals surface area contributed by atoms with Crippen molar-refractivity contribution in [3.8, 4) is 11.5 Å². The summed E-state index contributed by atoms with van der Waals surface area (Å²) in [4.78, 5) is 87.2. The van der Waals surface area contributed by atoms with Gasteiger partial charge >= 0.3 is 0 Å². The first kappa shape index (κ1) is 19.3. The van der Waals surface area contributed by atoms with E-state index in [1.54, 1.807) is 0 Å². The second-order valence-corrected chi connectivity index (χ2v) is 11.5. The van der Waals surface area contributed by atoms with Crippen LogP contribution >= 0.6 is 0 Å². The van der Waals surface area contributed by atoms with Crippen molar-refractivity contribution in [3.05, 3.63) is 58.7 Å². The number of ketones is 6. The molecule has 7 aliphatic carbocycles. The molecular weight excluding hydrogens is 464 g/mol. The van der Waals surface area contributed by atoms with Crippen molar-refractivity contribution in [1.82, 2.24) is 0 Å². The van der Waals surface area contributed by atoms with E-state index in [0.29, 0.717) is 0 Å². The van der Waals surface area contributed by atoms with Crippen LogP contribution in [-0.4, -0.2) is 44.9 Å². The lowest BCUT2D eigenvalue weighted by molar-refractivity contribution is -0.145. The highest BCUT2D eigenvalue weighted by Crippen LogP contribution is 2.96. The molecule has 0 heterocycles. The summed E-state index contributed by atoms with van der Waals surface area (Å²) in [5, 5.41) is 21.4. The number of benzene rings is 2. The van der Waals surface area contributed by atoms with Crippen molar-refractivity contribution in [3.63, 3.8) is 0 Å². The predicted octanol–water partition coefficient (Wildman–Crippen LogP) is 1.95. The van der Waals surface area contributed by atoms with Gasteiger partial charge in [-0.15, -0.1) is 0 Å². The van der Waals surface area contributed by atoms with Gasteiger partial charge in [0.1, 0.15) is 22.3 Å². The van der Waals surface area contributed by atoms with Crippen molar-refractivity contribution in [2.45, 2.75) is 12.8 Å². The normalized spacial score (nSPS) is 45.4. The lowest BCUT2D eigenvalue weighted by Crippen LogP contribution is -2.73. The maximum absolute atomic E-state index is 14.6. The van der Waals surface area contributed by atoms with E-state index in [9.17, 15) is 39.0 Å². The molecule has 0 saturated heterocycles. The molecule has 6 bridgehead atoms. The van der Waals surface area contributed by atoms with Gasteiger partial charge in [0.25, 0.3) is 0 Å². The average Bonchev–Trinajstić information content (AvgIpc) is 3.42. The number of hydrogen-bond acceptors (Lipinski definition) is 8. The van der Waals surface area contributed by atoms with Crippen molar-refractivity contribution in [2.24, 2.45) is 45.3 Å². The van der Waals surface area contributed by atoms with Gasteiger partial charge in [0.15, 0.2) is 34.7 Å². The summed E-state index contributed by atoms with van der Waals surface area (Å²) in [7, 11) is 0. The standard InChI is InChI=1S/C28H16O8/c29-15-5-1-3-9-17(15)23(35)27-22(34)14-7-11-12-8-13(25(11,27)19(9)31)21(33)28(27)24(36)18-10(4-2-6-16(18)30)20(32)26(12,14)28/h1-6,11-14,29-30H,7-8H2/t11-,12+,13-,14-,25?,26?,27?,28?/m0/s1. The lowest BCUT2D eigenvalue weighted by atomic mass is 9.36. The summed E-state index contributed by atoms with van der Waals surface area (Å²) in [5.74, 6) is -8.62. The molecule has 5 saturated carbocycles. The molecule has 0 aromatic heterocycles. The largest absolute Gasteiger partial charge is 0.507 e. The molecule has 9 rings (SSSR count). The lowest BCUT2D eigenvalue weighted by Gasteiger charge is -2.59. The highest BCUT2D eigenvalue weighted by Gasteiger charge is 3.07. The SMILES string of the molecule is O=C1c2cccc(O)c2C(=O)C23C(=O)[C@@H]4C[C@@H]5[C@@H]6C[C@@H](C(=O)C27C(=O)c2c(O)cccc2C(=O)C467)C153. The molecule has 8 nitrogen and oxygen atoms in total. The molecule has 4 unspecified atom stereocenters. The Morgan fingerprint density at radius 1 is 0.583 bits per heavy atom. The zero-order chi connectivity index (χ0) is 24.9. The summed E-state index contributed by atoms with van der Waals surface area (Å²) in [5.41, 5.74) is -9.10. The van der Waals surface area contributed by atoms with Crippen molar-refractivity contribution < 1.29 is 39.0 Å². The van der Waals surface area contributed by atoms with Crippen molar-refractivity contribution >= 4 is 34.7 Å². The van der Waals surface area contributed by atoms with E-state index in [4.69, 9.17) is 0 Å². The molecule has 2 aromatic rings. The highest BCUT2D eigenvalue weighted by atomic mass is 16.3. The fourth-order valence-corrected chi connectivity index (χ4v) is 11.0. The number of Topliss-reactive ketones (excluding diaryl/α,β-unsaturated/α-hetero) is 6. The molecular formula is C28H16O8. The molecule has 176 valence electrons. The van der Waals surface area contributed by atoms with Crippen LogP contribution in [0.5, 0.6) is 11.5 Å². The smallest absolute Gasteiger partial charge is 0.183 e. The summed E-state index contributed by atoms with van der Waals surface area (Å²) < 4.78 is 0. The average molecular weight is 480 g/mol. The predicted molar refractivity (Wildman–Crippen MR) is 116 cm³/mol. The Hall–Kier alpha value is -3.94. The van der Waals surface area contributed by atoms with Gasteiger partial charge in [0, 0.05) is 23.0 Å². The van der Waals surface area contributed by atoms with E-state index in [1.807, 2.05) is 0 Å². The maximum atomic E-state index is 14.6. The highest BCUT2D eigenvalue weighted by molar-refractivity contribution is 6.45. The second kappa shape index (κ2) is 4.85. The third-order valence-electron chi connectivity index (χ3n) is 11.4. The van der Waals surface area contributed by atoms with Crippen molar-refractivity contribution in [1.29, 1.82) is 0 Å². The van der Waals surface area contributed by atoms with Crippen LogP contribution in [0, 0.1) is 45.3 Å². The number of phenolic OH excluding ortho intramolecular Hbond substituents is 2. The summed E-state index contributed by atoms with van der Waals surface area (Å²) >= 11 is 0. The molecule has 7 aliphatic rings. The van der Waals surface area contributed by atoms with Crippen LogP contribution in [0.25, 0.3) is 0 Å². The Morgan fingerprint density at radius 3 is 1.36 bits per heavy atom. The molecule has 5 fully saturated rings. The summed E-state index contributed by atoms with van der Waals surface area (Å²) in [6.07, 6.45) is 0.328. The minimum atomic E-state index is -2.39. The zero-order valence-corrected chi connectivity index (χ0v) is 18.5. The van der Waals surface area contributed by atoms with E-state index < -0.39 is 91.5 Å². The van der Waals surface area contributed by atoms with Crippen LogP contribution in [0.1, 0.15) is 54.3 Å². The Morgan fingerprint density at radius 2 is 0.972 bits per heavy atom. The third-order valence-corrected chi connectivity index (χ3v) is 11.4. The Labute approximate surface area is 202 Å². The van der Waals surface area contributed by atoms with Crippen LogP contribution in [0.2, 0.25) is 0 Å². The Balaban J connectivity index is 1.55. The van der Waals surface area contributed by atoms with Gasteiger partial charge in [-0.05, 0) is 36.8 Å². The van der Waals surface area contributed by atoms with Gasteiger partial charge in [-0.3, -0.25) is 28.8 Å². The van der Waals surface area contributed by atoms with E-state index in [0.717, 1.165) is 0 Å². The van der Waals surface area contributed by atoms with Crippen LogP contribution in [0.4, 0.5) is 0 Å². The fourth-order valence-electron chi connectivity index (χ4n) is 11.0. The minimum Gasteiger partial charge on any atom is -0.507 e. The van der Waals surface area contributed by atoms with Crippen LogP contribution in [0.3, 0.4) is 0 Å². The molecule has 0 aliphatic heterocycles. The molecule has 2 aromatic carbocycles. The van der Waals surface area contributed by atoms with Gasteiger partial charge in [-0.2, -0.15) is 0 Å². The first-order valence-electron chi connectivity index (χ1n) is 12.1. The van der Waals surface area contributed by atoms with Gasteiger partial charge in [-0.25, -0.2) is 0 Å². The molecule has 36 heavy (non-hydrogen) atoms. The molecule has 0 amide bonds. The monoisotopic (exact) mass is 480 g/mol. The van der Waals surface area contributed by atoms with Crippen LogP contribution in [0.15, 0.2) is 36.4 Å². The minimum absolute atomic E-state index is 0.0467. The molecule has 2 N–H and O–H groups in total. The number of rotatable bonds is 0. The van der Waals surface area contributed by atoms with Crippen LogP contribution < -0.4 is 0 Å². The topological polar surface area (TPSA) is 143 Å². The van der Waals surface area contributed by atoms with Crippen molar-refractivity contribution in [2.75, 3.05) is 0 Å². The number of fused-ring (bicyclic) bond motifs is 2. The first-order chi connectivity index (χ1) is 17.2. The van der Waals surface area contributed by atoms with Gasteiger partial charge in [0.2, 0.25) is 0 Å². The summed E-state index contributed by atoms with van der Waals surface area (Å²) in [6, 6.07) is 8.14. The number of carbonyl (C=O) groups excluding carboxylic acids is 6. The Bertz CT molecular complexity index is 1560. The zero-order valence-electron chi connectivity index (χ0n) is 18.5. The van der Waals surface area contributed by atoms with Gasteiger partial charge < -0.3 is 10.2 Å². The van der Waals surface area contributed by atoms with Crippen LogP contribution in [-0.2, 0) is 9.59 Å². The summed E-state index contributed by atoms with van der Waals surface area (Å²) in [6.45, 7) is 0. The Kier molecular flexibility index (Phi) is 2.60. The number of aromatic hydroxyl groups is 2. The number of hydrogen-bond donors (Lipinski definition) is 2. The van der Waals surface area contributed by atoms with E-state index in [1.165, 1.54) is 36.4 Å². The molecule has 0 radical (unpaired) electrons. The third kappa shape index (κ3) is 1.17.